The lowest BCUT2D eigenvalue weighted by atomic mass is 10.0. The molecule has 1 rings (SSSR count). The molecule has 1 saturated heterocycles. The summed E-state index contributed by atoms with van der Waals surface area (Å²) in [5, 5.41) is 8.89. The van der Waals surface area contributed by atoms with Crippen molar-refractivity contribution < 1.29 is 0 Å². The summed E-state index contributed by atoms with van der Waals surface area (Å²) in [5.41, 5.74) is 5.16. The van der Waals surface area contributed by atoms with E-state index < -0.39 is 5.54 Å². The number of rotatable bonds is 3. The molecule has 1 aliphatic rings. The first kappa shape index (κ1) is 13.4. The molecule has 0 spiro atoms. The monoisotopic (exact) mass is 224 g/mol. The fraction of sp³-hybridized carbons (Fsp3) is 0.917. The summed E-state index contributed by atoms with van der Waals surface area (Å²) in [6, 6.07) is 2.72. The number of nitrogens with two attached hydrogens (primary N) is 1. The number of likely N-dealkylation sites (N-methyl/N-ethyl adjacent to an activating group) is 1. The average molecular weight is 224 g/mol. The molecule has 0 amide bonds. The average Bonchev–Trinajstić information content (AvgIpc) is 2.37. The van der Waals surface area contributed by atoms with Crippen LogP contribution >= 0.6 is 0 Å². The summed E-state index contributed by atoms with van der Waals surface area (Å²) in [6.45, 7) is 8.37. The minimum atomic E-state index is -0.683. The van der Waals surface area contributed by atoms with Crippen molar-refractivity contribution in [1.29, 1.82) is 5.26 Å². The molecule has 0 saturated carbocycles. The van der Waals surface area contributed by atoms with E-state index in [1.165, 1.54) is 13.0 Å². The Labute approximate surface area is 99.0 Å². The van der Waals surface area contributed by atoms with Crippen LogP contribution in [0.5, 0.6) is 0 Å². The topological polar surface area (TPSA) is 56.3 Å². The Bertz CT molecular complexity index is 256. The quantitative estimate of drug-likeness (QED) is 0.764. The number of nitriles is 1. The summed E-state index contributed by atoms with van der Waals surface area (Å²) < 4.78 is 0. The van der Waals surface area contributed by atoms with Crippen molar-refractivity contribution in [3.63, 3.8) is 0 Å². The van der Waals surface area contributed by atoms with Crippen LogP contribution in [0.2, 0.25) is 0 Å². The van der Waals surface area contributed by atoms with E-state index in [0.29, 0.717) is 6.04 Å². The Morgan fingerprint density at radius 3 is 2.81 bits per heavy atom. The van der Waals surface area contributed by atoms with Gasteiger partial charge in [0, 0.05) is 19.1 Å². The van der Waals surface area contributed by atoms with Crippen molar-refractivity contribution in [3.05, 3.63) is 0 Å². The lowest BCUT2D eigenvalue weighted by molar-refractivity contribution is 0.192. The van der Waals surface area contributed by atoms with Gasteiger partial charge in [-0.05, 0) is 46.8 Å². The van der Waals surface area contributed by atoms with Crippen LogP contribution in [0, 0.1) is 11.3 Å². The number of hydrogen-bond donors (Lipinski definition) is 1. The molecule has 16 heavy (non-hydrogen) atoms. The second kappa shape index (κ2) is 5.62. The van der Waals surface area contributed by atoms with E-state index in [4.69, 9.17) is 11.0 Å². The van der Waals surface area contributed by atoms with Crippen molar-refractivity contribution in [1.82, 2.24) is 9.80 Å². The van der Waals surface area contributed by atoms with Crippen molar-refractivity contribution in [2.24, 2.45) is 5.73 Å². The Kier molecular flexibility index (Phi) is 4.72. The molecule has 2 N–H and O–H groups in total. The minimum Gasteiger partial charge on any atom is -0.314 e. The highest BCUT2D eigenvalue weighted by Crippen LogP contribution is 2.12. The first-order valence-corrected chi connectivity index (χ1v) is 6.07. The van der Waals surface area contributed by atoms with Gasteiger partial charge in [0.25, 0.3) is 0 Å². The molecule has 2 unspecified atom stereocenters. The van der Waals surface area contributed by atoms with Crippen LogP contribution in [0.3, 0.4) is 0 Å². The van der Waals surface area contributed by atoms with E-state index in [1.807, 2.05) is 6.92 Å². The molecule has 4 heteroatoms. The van der Waals surface area contributed by atoms with Gasteiger partial charge in [0.2, 0.25) is 0 Å². The van der Waals surface area contributed by atoms with Crippen LogP contribution in [-0.4, -0.2) is 54.6 Å². The van der Waals surface area contributed by atoms with Gasteiger partial charge >= 0.3 is 0 Å². The second-order valence-electron chi connectivity index (χ2n) is 5.28. The highest BCUT2D eigenvalue weighted by molar-refractivity contribution is 5.01. The van der Waals surface area contributed by atoms with Gasteiger partial charge in [0.05, 0.1) is 6.07 Å². The van der Waals surface area contributed by atoms with Crippen LogP contribution < -0.4 is 5.73 Å². The van der Waals surface area contributed by atoms with Gasteiger partial charge in [-0.3, -0.25) is 4.90 Å². The summed E-state index contributed by atoms with van der Waals surface area (Å²) in [5.74, 6) is 0. The van der Waals surface area contributed by atoms with Gasteiger partial charge in [-0.1, -0.05) is 0 Å². The first-order chi connectivity index (χ1) is 7.44. The fourth-order valence-corrected chi connectivity index (χ4v) is 2.19. The van der Waals surface area contributed by atoms with Gasteiger partial charge in [0.1, 0.15) is 5.54 Å². The molecule has 1 fully saturated rings. The zero-order chi connectivity index (χ0) is 12.2. The molecule has 0 aromatic carbocycles. The summed E-state index contributed by atoms with van der Waals surface area (Å²) in [6.07, 6.45) is 1.95. The molecule has 0 aliphatic carbocycles. The lowest BCUT2D eigenvalue weighted by Gasteiger charge is -2.29. The summed E-state index contributed by atoms with van der Waals surface area (Å²) >= 11 is 0. The van der Waals surface area contributed by atoms with Crippen molar-refractivity contribution >= 4 is 0 Å². The van der Waals surface area contributed by atoms with Gasteiger partial charge in [-0.2, -0.15) is 5.26 Å². The Morgan fingerprint density at radius 1 is 1.50 bits per heavy atom. The number of hydrogen-bond acceptors (Lipinski definition) is 4. The van der Waals surface area contributed by atoms with E-state index in [1.54, 1.807) is 0 Å². The SMILES string of the molecule is CC1CN(C)CCCN1CCC(C)(N)C#N. The van der Waals surface area contributed by atoms with Crippen molar-refractivity contribution in [2.45, 2.75) is 38.3 Å². The van der Waals surface area contributed by atoms with Crippen molar-refractivity contribution in [2.75, 3.05) is 33.2 Å². The fourth-order valence-electron chi connectivity index (χ4n) is 2.19. The second-order valence-corrected chi connectivity index (χ2v) is 5.28. The predicted molar refractivity (Wildman–Crippen MR) is 66.0 cm³/mol. The smallest absolute Gasteiger partial charge is 0.102 e. The zero-order valence-electron chi connectivity index (χ0n) is 10.7. The molecular weight excluding hydrogens is 200 g/mol. The maximum absolute atomic E-state index is 8.89. The van der Waals surface area contributed by atoms with Crippen LogP contribution in [-0.2, 0) is 0 Å². The molecule has 0 radical (unpaired) electrons. The van der Waals surface area contributed by atoms with Crippen LogP contribution in [0.25, 0.3) is 0 Å². The molecule has 0 bridgehead atoms. The molecule has 1 aliphatic heterocycles. The highest BCUT2D eigenvalue weighted by Gasteiger charge is 2.23. The maximum atomic E-state index is 8.89. The molecule has 2 atom stereocenters. The molecule has 92 valence electrons. The third-order valence-electron chi connectivity index (χ3n) is 3.36. The summed E-state index contributed by atoms with van der Waals surface area (Å²) in [4.78, 5) is 4.82. The largest absolute Gasteiger partial charge is 0.314 e. The Balaban J connectivity index is 2.44. The van der Waals surface area contributed by atoms with Crippen LogP contribution in [0.4, 0.5) is 0 Å². The third kappa shape index (κ3) is 4.09. The van der Waals surface area contributed by atoms with E-state index in [0.717, 1.165) is 26.1 Å². The van der Waals surface area contributed by atoms with Crippen molar-refractivity contribution in [3.8, 4) is 6.07 Å². The Morgan fingerprint density at radius 2 is 2.19 bits per heavy atom. The van der Waals surface area contributed by atoms with E-state index in [2.05, 4.69) is 29.8 Å². The van der Waals surface area contributed by atoms with E-state index in [9.17, 15) is 0 Å². The standard InChI is InChI=1S/C12H24N4/c1-11-9-15(3)6-4-7-16(11)8-5-12(2,14)10-13/h11H,4-9,14H2,1-3H3. The third-order valence-corrected chi connectivity index (χ3v) is 3.36. The lowest BCUT2D eigenvalue weighted by Crippen LogP contribution is -2.43. The Hall–Kier alpha value is -0.630. The van der Waals surface area contributed by atoms with E-state index >= 15 is 0 Å². The number of nitrogens with zero attached hydrogens (tertiary/aromatic N) is 3. The molecular formula is C12H24N4. The normalized spacial score (nSPS) is 28.1. The first-order valence-electron chi connectivity index (χ1n) is 6.07. The van der Waals surface area contributed by atoms with Gasteiger partial charge in [-0.15, -0.1) is 0 Å². The molecule has 0 aromatic rings. The zero-order valence-corrected chi connectivity index (χ0v) is 10.7. The van der Waals surface area contributed by atoms with Crippen LogP contribution in [0.15, 0.2) is 0 Å². The molecule has 1 heterocycles. The van der Waals surface area contributed by atoms with Gasteiger partial charge < -0.3 is 10.6 Å². The summed E-state index contributed by atoms with van der Waals surface area (Å²) in [7, 11) is 2.17. The van der Waals surface area contributed by atoms with Gasteiger partial charge in [-0.25, -0.2) is 0 Å². The minimum absolute atomic E-state index is 0.557. The molecule has 0 aromatic heterocycles. The molecule has 4 nitrogen and oxygen atoms in total. The highest BCUT2D eigenvalue weighted by atomic mass is 15.2. The predicted octanol–water partition coefficient (Wildman–Crippen LogP) is 0.643. The van der Waals surface area contributed by atoms with Crippen LogP contribution in [0.1, 0.15) is 26.7 Å². The maximum Gasteiger partial charge on any atom is 0.102 e. The van der Waals surface area contributed by atoms with Gasteiger partial charge in [0.15, 0.2) is 0 Å². The van der Waals surface area contributed by atoms with E-state index in [-0.39, 0.29) is 0 Å².